The highest BCUT2D eigenvalue weighted by atomic mass is 16.2. The predicted octanol–water partition coefficient (Wildman–Crippen LogP) is 2.28. The van der Waals surface area contributed by atoms with Gasteiger partial charge in [-0.05, 0) is 31.2 Å². The van der Waals surface area contributed by atoms with Gasteiger partial charge < -0.3 is 10.6 Å². The molecule has 0 unspecified atom stereocenters. The minimum Gasteiger partial charge on any atom is -0.352 e. The van der Waals surface area contributed by atoms with Crippen LogP contribution in [0.25, 0.3) is 0 Å². The Morgan fingerprint density at radius 1 is 1.05 bits per heavy atom. The van der Waals surface area contributed by atoms with Crippen molar-refractivity contribution in [3.05, 3.63) is 35.9 Å². The molecule has 4 nitrogen and oxygen atoms in total. The summed E-state index contributed by atoms with van der Waals surface area (Å²) in [5.41, 5.74) is 1.26. The number of nitrogens with one attached hydrogen (secondary N) is 2. The van der Waals surface area contributed by atoms with Crippen molar-refractivity contribution < 1.29 is 9.59 Å². The first kappa shape index (κ1) is 17.2. The van der Waals surface area contributed by atoms with Crippen LogP contribution in [0, 0.1) is 5.92 Å². The summed E-state index contributed by atoms with van der Waals surface area (Å²) < 4.78 is 0. The third kappa shape index (κ3) is 6.43. The lowest BCUT2D eigenvalue weighted by molar-refractivity contribution is -0.129. The van der Waals surface area contributed by atoms with Crippen LogP contribution >= 0.6 is 0 Å². The number of hydrogen-bond donors (Lipinski definition) is 2. The molecule has 0 aliphatic heterocycles. The Bertz CT molecular complexity index is 457. The zero-order valence-corrected chi connectivity index (χ0v) is 13.3. The monoisotopic (exact) mass is 290 g/mol. The summed E-state index contributed by atoms with van der Waals surface area (Å²) in [6, 6.07) is 9.81. The average Bonchev–Trinajstić information content (AvgIpc) is 2.43. The largest absolute Gasteiger partial charge is 0.352 e. The highest BCUT2D eigenvalue weighted by Gasteiger charge is 2.23. The summed E-state index contributed by atoms with van der Waals surface area (Å²) in [4.78, 5) is 23.4. The van der Waals surface area contributed by atoms with Crippen LogP contribution in [0.1, 0.15) is 39.7 Å². The standard InChI is InChI=1S/C17H26N2O2/c1-12(2)16(19-14(4)20)17(21)18-13(3)10-11-15-8-6-5-7-9-15/h5-9,12-13,16H,10-11H2,1-4H3,(H,18,21)(H,19,20)/t13-,16-/m0/s1. The topological polar surface area (TPSA) is 58.2 Å². The summed E-state index contributed by atoms with van der Waals surface area (Å²) >= 11 is 0. The van der Waals surface area contributed by atoms with Crippen LogP contribution in [0.2, 0.25) is 0 Å². The van der Waals surface area contributed by atoms with E-state index in [1.165, 1.54) is 12.5 Å². The molecule has 4 heteroatoms. The van der Waals surface area contributed by atoms with Crippen molar-refractivity contribution in [2.45, 2.75) is 52.6 Å². The van der Waals surface area contributed by atoms with E-state index in [-0.39, 0.29) is 23.8 Å². The molecule has 21 heavy (non-hydrogen) atoms. The number of hydrogen-bond acceptors (Lipinski definition) is 2. The van der Waals surface area contributed by atoms with Crippen molar-refractivity contribution in [2.24, 2.45) is 5.92 Å². The molecule has 0 radical (unpaired) electrons. The fourth-order valence-corrected chi connectivity index (χ4v) is 2.19. The molecule has 116 valence electrons. The summed E-state index contributed by atoms with van der Waals surface area (Å²) in [6.07, 6.45) is 1.80. The van der Waals surface area contributed by atoms with E-state index in [0.29, 0.717) is 0 Å². The van der Waals surface area contributed by atoms with Crippen LogP contribution in [0.5, 0.6) is 0 Å². The van der Waals surface area contributed by atoms with Gasteiger partial charge in [-0.2, -0.15) is 0 Å². The summed E-state index contributed by atoms with van der Waals surface area (Å²) in [7, 11) is 0. The van der Waals surface area contributed by atoms with E-state index in [1.54, 1.807) is 0 Å². The van der Waals surface area contributed by atoms with Gasteiger partial charge in [0.05, 0.1) is 0 Å². The van der Waals surface area contributed by atoms with Crippen molar-refractivity contribution in [1.82, 2.24) is 10.6 Å². The van der Waals surface area contributed by atoms with E-state index in [9.17, 15) is 9.59 Å². The zero-order chi connectivity index (χ0) is 15.8. The maximum absolute atomic E-state index is 12.2. The molecule has 1 aromatic carbocycles. The molecule has 0 aliphatic carbocycles. The quantitative estimate of drug-likeness (QED) is 0.809. The number of amides is 2. The highest BCUT2D eigenvalue weighted by molar-refractivity contribution is 5.87. The van der Waals surface area contributed by atoms with Gasteiger partial charge in [0.1, 0.15) is 6.04 Å². The second-order valence-corrected chi connectivity index (χ2v) is 5.86. The molecule has 1 aromatic rings. The van der Waals surface area contributed by atoms with E-state index < -0.39 is 6.04 Å². The van der Waals surface area contributed by atoms with E-state index >= 15 is 0 Å². The molecule has 0 spiro atoms. The molecule has 2 amide bonds. The Balaban J connectivity index is 2.46. The van der Waals surface area contributed by atoms with Crippen molar-refractivity contribution in [3.63, 3.8) is 0 Å². The lowest BCUT2D eigenvalue weighted by Crippen LogP contribution is -2.51. The molecule has 0 saturated carbocycles. The number of benzene rings is 1. The first-order valence-corrected chi connectivity index (χ1v) is 7.51. The molecule has 2 N–H and O–H groups in total. The molecule has 0 bridgehead atoms. The lowest BCUT2D eigenvalue weighted by Gasteiger charge is -2.23. The van der Waals surface area contributed by atoms with Crippen LogP contribution in [-0.2, 0) is 16.0 Å². The maximum atomic E-state index is 12.2. The summed E-state index contributed by atoms with van der Waals surface area (Å²) in [5.74, 6) is -0.225. The number of aryl methyl sites for hydroxylation is 1. The van der Waals surface area contributed by atoms with Gasteiger partial charge in [0.25, 0.3) is 0 Å². The minimum absolute atomic E-state index is 0.0650. The summed E-state index contributed by atoms with van der Waals surface area (Å²) in [6.45, 7) is 7.27. The number of carbonyl (C=O) groups excluding carboxylic acids is 2. The van der Waals surface area contributed by atoms with Gasteiger partial charge in [0.2, 0.25) is 11.8 Å². The van der Waals surface area contributed by atoms with E-state index in [0.717, 1.165) is 12.8 Å². The molecule has 2 atom stereocenters. The molecule has 0 heterocycles. The Labute approximate surface area is 127 Å². The van der Waals surface area contributed by atoms with Crippen molar-refractivity contribution in [3.8, 4) is 0 Å². The zero-order valence-electron chi connectivity index (χ0n) is 13.3. The van der Waals surface area contributed by atoms with E-state index in [2.05, 4.69) is 22.8 Å². The first-order chi connectivity index (χ1) is 9.90. The second-order valence-electron chi connectivity index (χ2n) is 5.86. The van der Waals surface area contributed by atoms with Crippen molar-refractivity contribution >= 4 is 11.8 Å². The van der Waals surface area contributed by atoms with E-state index in [4.69, 9.17) is 0 Å². The van der Waals surface area contributed by atoms with Crippen LogP contribution in [0.15, 0.2) is 30.3 Å². The molecule has 0 fully saturated rings. The van der Waals surface area contributed by atoms with Gasteiger partial charge in [-0.15, -0.1) is 0 Å². The van der Waals surface area contributed by atoms with Crippen LogP contribution < -0.4 is 10.6 Å². The predicted molar refractivity (Wildman–Crippen MR) is 84.8 cm³/mol. The Morgan fingerprint density at radius 3 is 2.19 bits per heavy atom. The lowest BCUT2D eigenvalue weighted by atomic mass is 10.0. The molecule has 0 aromatic heterocycles. The fraction of sp³-hybridized carbons (Fsp3) is 0.529. The van der Waals surface area contributed by atoms with Crippen LogP contribution in [0.3, 0.4) is 0 Å². The SMILES string of the molecule is CC(=O)N[C@H](C(=O)N[C@@H](C)CCc1ccccc1)C(C)C. The third-order valence-electron chi connectivity index (χ3n) is 3.41. The maximum Gasteiger partial charge on any atom is 0.243 e. The molecule has 0 aliphatic rings. The van der Waals surface area contributed by atoms with Crippen molar-refractivity contribution in [1.29, 1.82) is 0 Å². The van der Waals surface area contributed by atoms with Crippen LogP contribution in [0.4, 0.5) is 0 Å². The molecular weight excluding hydrogens is 264 g/mol. The smallest absolute Gasteiger partial charge is 0.243 e. The van der Waals surface area contributed by atoms with Gasteiger partial charge in [-0.25, -0.2) is 0 Å². The highest BCUT2D eigenvalue weighted by Crippen LogP contribution is 2.06. The fourth-order valence-electron chi connectivity index (χ4n) is 2.19. The Kier molecular flexibility index (Phi) is 6.92. The van der Waals surface area contributed by atoms with Crippen molar-refractivity contribution in [2.75, 3.05) is 0 Å². The summed E-state index contributed by atoms with van der Waals surface area (Å²) in [5, 5.41) is 5.69. The van der Waals surface area contributed by atoms with E-state index in [1.807, 2.05) is 39.0 Å². The average molecular weight is 290 g/mol. The van der Waals surface area contributed by atoms with Gasteiger partial charge in [0.15, 0.2) is 0 Å². The third-order valence-corrected chi connectivity index (χ3v) is 3.41. The second kappa shape index (κ2) is 8.45. The van der Waals surface area contributed by atoms with Gasteiger partial charge in [0, 0.05) is 13.0 Å². The van der Waals surface area contributed by atoms with Gasteiger partial charge in [-0.3, -0.25) is 9.59 Å². The first-order valence-electron chi connectivity index (χ1n) is 7.51. The van der Waals surface area contributed by atoms with Crippen LogP contribution in [-0.4, -0.2) is 23.9 Å². The molecule has 0 saturated heterocycles. The minimum atomic E-state index is -0.471. The molecule has 1 rings (SSSR count). The normalized spacial score (nSPS) is 13.6. The Hall–Kier alpha value is -1.84. The number of carbonyl (C=O) groups is 2. The molecular formula is C17H26N2O2. The number of rotatable bonds is 7. The Morgan fingerprint density at radius 2 is 1.67 bits per heavy atom. The van der Waals surface area contributed by atoms with Gasteiger partial charge >= 0.3 is 0 Å². The van der Waals surface area contributed by atoms with Gasteiger partial charge in [-0.1, -0.05) is 44.2 Å².